The molecule has 0 rings (SSSR count). The molecule has 2 N–H and O–H groups in total. The first-order valence-corrected chi connectivity index (χ1v) is 5.39. The van der Waals surface area contributed by atoms with Crippen LogP contribution in [0.3, 0.4) is 0 Å². The Balaban J connectivity index is 3.44. The van der Waals surface area contributed by atoms with Crippen molar-refractivity contribution in [3.63, 3.8) is 0 Å². The lowest BCUT2D eigenvalue weighted by Gasteiger charge is -2.24. The molecule has 0 aromatic rings. The minimum Gasteiger partial charge on any atom is -0.382 e. The van der Waals surface area contributed by atoms with Gasteiger partial charge in [-0.3, -0.25) is 0 Å². The number of hydrogen-bond acceptors (Lipinski definition) is 4. The van der Waals surface area contributed by atoms with Crippen LogP contribution >= 0.6 is 0 Å². The molecule has 0 aliphatic rings. The maximum absolute atomic E-state index is 5.90. The Kier molecular flexibility index (Phi) is 7.96. The molecule has 4 heteroatoms. The van der Waals surface area contributed by atoms with E-state index in [1.807, 2.05) is 0 Å². The van der Waals surface area contributed by atoms with Crippen LogP contribution in [0.15, 0.2) is 0 Å². The Morgan fingerprint density at radius 2 is 1.87 bits per heavy atom. The van der Waals surface area contributed by atoms with Gasteiger partial charge in [0.15, 0.2) is 0 Å². The highest BCUT2D eigenvalue weighted by Gasteiger charge is 2.17. The summed E-state index contributed by atoms with van der Waals surface area (Å²) in [6.07, 6.45) is 1.85. The second-order valence-corrected chi connectivity index (χ2v) is 4.33. The largest absolute Gasteiger partial charge is 0.382 e. The quantitative estimate of drug-likeness (QED) is 0.592. The molecule has 0 radical (unpaired) electrons. The lowest BCUT2D eigenvalue weighted by atomic mass is 9.99. The lowest BCUT2D eigenvalue weighted by molar-refractivity contribution is 0.00811. The molecule has 0 aromatic heterocycles. The molecule has 92 valence electrons. The van der Waals surface area contributed by atoms with Gasteiger partial charge in [0.2, 0.25) is 0 Å². The van der Waals surface area contributed by atoms with Gasteiger partial charge in [-0.15, -0.1) is 0 Å². The van der Waals surface area contributed by atoms with Crippen LogP contribution in [-0.2, 0) is 14.2 Å². The van der Waals surface area contributed by atoms with Gasteiger partial charge in [-0.1, -0.05) is 0 Å². The van der Waals surface area contributed by atoms with Gasteiger partial charge in [-0.25, -0.2) is 0 Å². The van der Waals surface area contributed by atoms with Crippen molar-refractivity contribution in [2.24, 2.45) is 5.73 Å². The topological polar surface area (TPSA) is 53.7 Å². The molecule has 0 aliphatic carbocycles. The maximum atomic E-state index is 5.90. The van der Waals surface area contributed by atoms with E-state index in [9.17, 15) is 0 Å². The molecule has 0 amide bonds. The Morgan fingerprint density at radius 3 is 2.40 bits per heavy atom. The van der Waals surface area contributed by atoms with Crippen LogP contribution in [0.2, 0.25) is 0 Å². The van der Waals surface area contributed by atoms with Crippen molar-refractivity contribution in [1.29, 1.82) is 0 Å². The van der Waals surface area contributed by atoms with Crippen molar-refractivity contribution in [3.8, 4) is 0 Å². The maximum Gasteiger partial charge on any atom is 0.0701 e. The van der Waals surface area contributed by atoms with E-state index in [0.29, 0.717) is 19.8 Å². The first kappa shape index (κ1) is 14.8. The van der Waals surface area contributed by atoms with Crippen LogP contribution in [-0.4, -0.2) is 45.7 Å². The summed E-state index contributed by atoms with van der Waals surface area (Å²) in [5, 5.41) is 0. The van der Waals surface area contributed by atoms with Gasteiger partial charge in [-0.2, -0.15) is 0 Å². The molecular formula is C11H25NO3. The summed E-state index contributed by atoms with van der Waals surface area (Å²) in [5.74, 6) is 0. The first-order chi connectivity index (χ1) is 7.02. The van der Waals surface area contributed by atoms with Crippen LogP contribution in [0.25, 0.3) is 0 Å². The Morgan fingerprint density at radius 1 is 1.20 bits per heavy atom. The fourth-order valence-electron chi connectivity index (χ4n) is 1.10. The second kappa shape index (κ2) is 8.05. The van der Waals surface area contributed by atoms with Crippen molar-refractivity contribution < 1.29 is 14.2 Å². The van der Waals surface area contributed by atoms with E-state index in [2.05, 4.69) is 13.8 Å². The fraction of sp³-hybridized carbons (Fsp3) is 1.00. The Labute approximate surface area is 93.1 Å². The van der Waals surface area contributed by atoms with E-state index in [1.165, 1.54) is 0 Å². The van der Waals surface area contributed by atoms with Crippen LogP contribution in [0.1, 0.15) is 26.7 Å². The molecular weight excluding hydrogens is 194 g/mol. The summed E-state index contributed by atoms with van der Waals surface area (Å²) in [6, 6.07) is 0.0799. The molecule has 1 unspecified atom stereocenters. The zero-order valence-corrected chi connectivity index (χ0v) is 10.4. The average molecular weight is 219 g/mol. The van der Waals surface area contributed by atoms with Gasteiger partial charge in [0.05, 0.1) is 25.4 Å². The predicted octanol–water partition coefficient (Wildman–Crippen LogP) is 1.18. The molecule has 0 heterocycles. The highest BCUT2D eigenvalue weighted by atomic mass is 16.5. The molecule has 1 atom stereocenters. The number of hydrogen-bond donors (Lipinski definition) is 1. The van der Waals surface area contributed by atoms with E-state index >= 15 is 0 Å². The SMILES string of the molecule is COCCOCC(N)CCC(C)(C)OC. The number of ether oxygens (including phenoxy) is 3. The standard InChI is InChI=1S/C11H25NO3/c1-11(2,14-4)6-5-10(12)9-15-8-7-13-3/h10H,5-9,12H2,1-4H3. The third kappa shape index (κ3) is 8.81. The van der Waals surface area contributed by atoms with Gasteiger partial charge in [-0.05, 0) is 26.7 Å². The third-order valence-corrected chi connectivity index (χ3v) is 2.43. The van der Waals surface area contributed by atoms with Crippen LogP contribution in [0.4, 0.5) is 0 Å². The summed E-state index contributed by atoms with van der Waals surface area (Å²) in [6.45, 7) is 5.94. The zero-order chi connectivity index (χ0) is 11.7. The van der Waals surface area contributed by atoms with Crippen LogP contribution < -0.4 is 5.73 Å². The molecule has 0 spiro atoms. The number of nitrogens with two attached hydrogens (primary N) is 1. The molecule has 0 fully saturated rings. The minimum atomic E-state index is -0.0931. The van der Waals surface area contributed by atoms with E-state index < -0.39 is 0 Å². The lowest BCUT2D eigenvalue weighted by Crippen LogP contribution is -2.31. The molecule has 15 heavy (non-hydrogen) atoms. The molecule has 0 aliphatic heterocycles. The van der Waals surface area contributed by atoms with Crippen molar-refractivity contribution >= 4 is 0 Å². The number of rotatable bonds is 9. The van der Waals surface area contributed by atoms with Crippen molar-refractivity contribution in [2.75, 3.05) is 34.0 Å². The summed E-state index contributed by atoms with van der Waals surface area (Å²) in [4.78, 5) is 0. The normalized spacial score (nSPS) is 14.2. The van der Waals surface area contributed by atoms with Gasteiger partial charge in [0, 0.05) is 20.3 Å². The van der Waals surface area contributed by atoms with Crippen LogP contribution in [0, 0.1) is 0 Å². The summed E-state index contributed by atoms with van der Waals surface area (Å²) in [5.41, 5.74) is 5.80. The smallest absolute Gasteiger partial charge is 0.0701 e. The Bertz CT molecular complexity index is 151. The summed E-state index contributed by atoms with van der Waals surface area (Å²) < 4.78 is 15.5. The number of methoxy groups -OCH3 is 2. The molecule has 0 aromatic carbocycles. The van der Waals surface area contributed by atoms with Gasteiger partial charge in [0.1, 0.15) is 0 Å². The Hall–Kier alpha value is -0.160. The van der Waals surface area contributed by atoms with Crippen LogP contribution in [0.5, 0.6) is 0 Å². The summed E-state index contributed by atoms with van der Waals surface area (Å²) in [7, 11) is 3.38. The van der Waals surface area contributed by atoms with E-state index in [0.717, 1.165) is 12.8 Å². The summed E-state index contributed by atoms with van der Waals surface area (Å²) >= 11 is 0. The fourth-order valence-corrected chi connectivity index (χ4v) is 1.10. The van der Waals surface area contributed by atoms with E-state index in [1.54, 1.807) is 14.2 Å². The van der Waals surface area contributed by atoms with Gasteiger partial charge in [0.25, 0.3) is 0 Å². The third-order valence-electron chi connectivity index (χ3n) is 2.43. The van der Waals surface area contributed by atoms with Crippen molar-refractivity contribution in [1.82, 2.24) is 0 Å². The monoisotopic (exact) mass is 219 g/mol. The zero-order valence-electron chi connectivity index (χ0n) is 10.4. The van der Waals surface area contributed by atoms with Crippen molar-refractivity contribution in [3.05, 3.63) is 0 Å². The second-order valence-electron chi connectivity index (χ2n) is 4.33. The molecule has 4 nitrogen and oxygen atoms in total. The highest BCUT2D eigenvalue weighted by Crippen LogP contribution is 2.16. The molecule has 0 saturated heterocycles. The first-order valence-electron chi connectivity index (χ1n) is 5.39. The predicted molar refractivity (Wildman–Crippen MR) is 61.0 cm³/mol. The van der Waals surface area contributed by atoms with Gasteiger partial charge >= 0.3 is 0 Å². The van der Waals surface area contributed by atoms with Crippen molar-refractivity contribution in [2.45, 2.75) is 38.3 Å². The molecule has 0 bridgehead atoms. The van der Waals surface area contributed by atoms with Gasteiger partial charge < -0.3 is 19.9 Å². The van der Waals surface area contributed by atoms with E-state index in [-0.39, 0.29) is 11.6 Å². The average Bonchev–Trinajstić information content (AvgIpc) is 2.22. The molecule has 0 saturated carbocycles. The minimum absolute atomic E-state index is 0.0799. The van der Waals surface area contributed by atoms with E-state index in [4.69, 9.17) is 19.9 Å². The highest BCUT2D eigenvalue weighted by molar-refractivity contribution is 4.71.